The van der Waals surface area contributed by atoms with Gasteiger partial charge in [-0.25, -0.2) is 9.18 Å². The van der Waals surface area contributed by atoms with Crippen molar-refractivity contribution in [3.8, 4) is 5.75 Å². The highest BCUT2D eigenvalue weighted by atomic mass is 79.9. The van der Waals surface area contributed by atoms with Gasteiger partial charge in [0.2, 0.25) is 0 Å². The molecule has 148 valence electrons. The number of nitrogens with one attached hydrogen (secondary N) is 2. The van der Waals surface area contributed by atoms with Crippen LogP contribution in [0.3, 0.4) is 0 Å². The molecule has 1 saturated heterocycles. The fourth-order valence-electron chi connectivity index (χ4n) is 3.24. The molecule has 1 heterocycles. The van der Waals surface area contributed by atoms with Crippen molar-refractivity contribution in [2.75, 3.05) is 25.0 Å². The van der Waals surface area contributed by atoms with E-state index in [0.717, 1.165) is 17.3 Å². The number of likely N-dealkylation sites (tertiary alicyclic amines) is 1. The molecule has 0 bridgehead atoms. The van der Waals surface area contributed by atoms with E-state index in [9.17, 15) is 19.1 Å². The standard InChI is InChI=1S/C20H21BrFN3O3/c21-14-6-7-18(26)17(9-14)19(27)25-8-2-3-13(12-25)11-23-20(28)24-16-5-1-4-15(22)10-16/h1,4-7,9-10,13,26H,2-3,8,11-12H2,(H2,23,24,28). The number of hydrogen-bond acceptors (Lipinski definition) is 3. The summed E-state index contributed by atoms with van der Waals surface area (Å²) in [4.78, 5) is 26.5. The van der Waals surface area contributed by atoms with E-state index >= 15 is 0 Å². The second kappa shape index (κ2) is 9.05. The predicted octanol–water partition coefficient (Wildman–Crippen LogP) is 3.97. The normalized spacial score (nSPS) is 16.5. The molecular weight excluding hydrogens is 429 g/mol. The van der Waals surface area contributed by atoms with Gasteiger partial charge >= 0.3 is 6.03 Å². The van der Waals surface area contributed by atoms with Gasteiger partial charge in [0.05, 0.1) is 5.56 Å². The molecule has 3 amide bonds. The van der Waals surface area contributed by atoms with Crippen molar-refractivity contribution in [3.05, 3.63) is 58.3 Å². The number of piperidine rings is 1. The van der Waals surface area contributed by atoms with Gasteiger partial charge in [-0.05, 0) is 55.2 Å². The maximum Gasteiger partial charge on any atom is 0.319 e. The van der Waals surface area contributed by atoms with Gasteiger partial charge in [0, 0.05) is 29.8 Å². The number of anilines is 1. The molecule has 6 nitrogen and oxygen atoms in total. The van der Waals surface area contributed by atoms with Gasteiger partial charge in [-0.2, -0.15) is 0 Å². The van der Waals surface area contributed by atoms with Crippen LogP contribution in [0.2, 0.25) is 0 Å². The number of hydrogen-bond donors (Lipinski definition) is 3. The van der Waals surface area contributed by atoms with Crippen LogP contribution in [0.25, 0.3) is 0 Å². The van der Waals surface area contributed by atoms with Gasteiger partial charge in [-0.3, -0.25) is 4.79 Å². The summed E-state index contributed by atoms with van der Waals surface area (Å²) in [5.74, 6) is -0.601. The first-order valence-electron chi connectivity index (χ1n) is 9.00. The topological polar surface area (TPSA) is 81.7 Å². The Morgan fingerprint density at radius 3 is 2.86 bits per heavy atom. The minimum atomic E-state index is -0.421. The van der Waals surface area contributed by atoms with Crippen LogP contribution < -0.4 is 10.6 Å². The third kappa shape index (κ3) is 5.22. The average Bonchev–Trinajstić information content (AvgIpc) is 2.68. The van der Waals surface area contributed by atoms with Crippen molar-refractivity contribution in [2.45, 2.75) is 12.8 Å². The molecule has 1 aliphatic rings. The monoisotopic (exact) mass is 449 g/mol. The molecular formula is C20H21BrFN3O3. The lowest BCUT2D eigenvalue weighted by Crippen LogP contribution is -2.44. The average molecular weight is 450 g/mol. The van der Waals surface area contributed by atoms with E-state index in [1.165, 1.54) is 24.3 Å². The highest BCUT2D eigenvalue weighted by Gasteiger charge is 2.26. The summed E-state index contributed by atoms with van der Waals surface area (Å²) in [6.45, 7) is 1.50. The Bertz CT molecular complexity index is 878. The summed E-state index contributed by atoms with van der Waals surface area (Å²) in [5.41, 5.74) is 0.634. The van der Waals surface area contributed by atoms with Gasteiger partial charge in [0.15, 0.2) is 0 Å². The second-order valence-electron chi connectivity index (χ2n) is 6.77. The summed E-state index contributed by atoms with van der Waals surface area (Å²) in [5, 5.41) is 15.3. The Kier molecular flexibility index (Phi) is 6.51. The number of halogens is 2. The van der Waals surface area contributed by atoms with Gasteiger partial charge in [-0.1, -0.05) is 22.0 Å². The lowest BCUT2D eigenvalue weighted by molar-refractivity contribution is 0.0672. The van der Waals surface area contributed by atoms with Crippen LogP contribution >= 0.6 is 15.9 Å². The highest BCUT2D eigenvalue weighted by Crippen LogP contribution is 2.25. The lowest BCUT2D eigenvalue weighted by Gasteiger charge is -2.33. The first kappa shape index (κ1) is 20.1. The summed E-state index contributed by atoms with van der Waals surface area (Å²) in [6, 6.07) is 10.0. The van der Waals surface area contributed by atoms with E-state index in [4.69, 9.17) is 0 Å². The number of rotatable bonds is 4. The number of nitrogens with zero attached hydrogens (tertiary/aromatic N) is 1. The first-order valence-corrected chi connectivity index (χ1v) is 9.80. The van der Waals surface area contributed by atoms with Crippen molar-refractivity contribution in [1.82, 2.24) is 10.2 Å². The molecule has 0 radical (unpaired) electrons. The van der Waals surface area contributed by atoms with E-state index in [-0.39, 0.29) is 23.1 Å². The van der Waals surface area contributed by atoms with E-state index in [2.05, 4.69) is 26.6 Å². The number of amides is 3. The van der Waals surface area contributed by atoms with Crippen LogP contribution in [-0.2, 0) is 0 Å². The fraction of sp³-hybridized carbons (Fsp3) is 0.300. The Balaban J connectivity index is 1.54. The zero-order valence-electron chi connectivity index (χ0n) is 15.1. The summed E-state index contributed by atoms with van der Waals surface area (Å²) in [7, 11) is 0. The lowest BCUT2D eigenvalue weighted by atomic mass is 9.97. The highest BCUT2D eigenvalue weighted by molar-refractivity contribution is 9.10. The Morgan fingerprint density at radius 1 is 1.25 bits per heavy atom. The van der Waals surface area contributed by atoms with Crippen LogP contribution in [0.4, 0.5) is 14.9 Å². The van der Waals surface area contributed by atoms with E-state index < -0.39 is 11.8 Å². The van der Waals surface area contributed by atoms with Crippen LogP contribution in [0.1, 0.15) is 23.2 Å². The SMILES string of the molecule is O=C(NCC1CCCN(C(=O)c2cc(Br)ccc2O)C1)Nc1cccc(F)c1. The molecule has 3 rings (SSSR count). The zero-order chi connectivity index (χ0) is 20.1. The predicted molar refractivity (Wildman–Crippen MR) is 108 cm³/mol. The number of benzene rings is 2. The third-order valence-corrected chi connectivity index (χ3v) is 5.12. The molecule has 0 saturated carbocycles. The van der Waals surface area contributed by atoms with Gasteiger partial charge in [0.1, 0.15) is 11.6 Å². The van der Waals surface area contributed by atoms with Crippen molar-refractivity contribution in [2.24, 2.45) is 5.92 Å². The molecule has 28 heavy (non-hydrogen) atoms. The number of phenols is 1. The molecule has 8 heteroatoms. The maximum atomic E-state index is 13.2. The molecule has 0 aliphatic carbocycles. The van der Waals surface area contributed by atoms with Crippen LogP contribution in [-0.4, -0.2) is 41.6 Å². The second-order valence-corrected chi connectivity index (χ2v) is 7.68. The van der Waals surface area contributed by atoms with Crippen LogP contribution in [0.5, 0.6) is 5.75 Å². The van der Waals surface area contributed by atoms with Crippen LogP contribution in [0, 0.1) is 11.7 Å². The Labute approximate surface area is 170 Å². The largest absolute Gasteiger partial charge is 0.507 e. The maximum absolute atomic E-state index is 13.2. The smallest absolute Gasteiger partial charge is 0.319 e. The number of carbonyl (C=O) groups excluding carboxylic acids is 2. The van der Waals surface area contributed by atoms with Crippen LogP contribution in [0.15, 0.2) is 46.9 Å². The number of carbonyl (C=O) groups is 2. The van der Waals surface area contributed by atoms with Gasteiger partial charge < -0.3 is 20.6 Å². The number of phenolic OH excluding ortho intramolecular Hbond substituents is 1. The molecule has 1 aliphatic heterocycles. The number of urea groups is 1. The van der Waals surface area contributed by atoms with E-state index in [1.807, 2.05) is 0 Å². The summed E-state index contributed by atoms with van der Waals surface area (Å²) < 4.78 is 13.9. The molecule has 0 spiro atoms. The third-order valence-electron chi connectivity index (χ3n) is 4.63. The fourth-order valence-corrected chi connectivity index (χ4v) is 3.61. The minimum absolute atomic E-state index is 0.0529. The van der Waals surface area contributed by atoms with E-state index in [1.54, 1.807) is 23.1 Å². The van der Waals surface area contributed by atoms with E-state index in [0.29, 0.717) is 25.3 Å². The first-order chi connectivity index (χ1) is 13.4. The van der Waals surface area contributed by atoms with Gasteiger partial charge in [0.25, 0.3) is 5.91 Å². The number of aromatic hydroxyl groups is 1. The molecule has 1 atom stereocenters. The molecule has 0 aromatic heterocycles. The zero-order valence-corrected chi connectivity index (χ0v) is 16.7. The summed E-state index contributed by atoms with van der Waals surface area (Å²) >= 11 is 3.31. The quantitative estimate of drug-likeness (QED) is 0.660. The van der Waals surface area contributed by atoms with Crippen molar-refractivity contribution in [1.29, 1.82) is 0 Å². The molecule has 2 aromatic carbocycles. The Hall–Kier alpha value is -2.61. The van der Waals surface area contributed by atoms with Crippen molar-refractivity contribution >= 4 is 33.6 Å². The summed E-state index contributed by atoms with van der Waals surface area (Å²) in [6.07, 6.45) is 1.70. The molecule has 2 aromatic rings. The van der Waals surface area contributed by atoms with Crippen molar-refractivity contribution in [3.63, 3.8) is 0 Å². The molecule has 1 fully saturated rings. The van der Waals surface area contributed by atoms with Crippen molar-refractivity contribution < 1.29 is 19.1 Å². The van der Waals surface area contributed by atoms with Gasteiger partial charge in [-0.15, -0.1) is 0 Å². The molecule has 3 N–H and O–H groups in total. The minimum Gasteiger partial charge on any atom is -0.507 e. The molecule has 1 unspecified atom stereocenters. The Morgan fingerprint density at radius 2 is 2.07 bits per heavy atom.